The van der Waals surface area contributed by atoms with Gasteiger partial charge in [0.2, 0.25) is 0 Å². The standard InChI is InChI=1S/C12H11NO2.C10H8O2.C8H10O2.C7H6O5.C7H8O3.2C6H7NO.C6H6O3.3C6H6O2.C2H8N2.C2H6.CH5NO.ClH2NO/c14-11-5-1-9(2-6-11)13-10-3-7-12(15)8-4-10;11-9-5-7-3-1-2-4-8(7)6-10(9)12;1-5-3-8(10)6(2)4-7(5)9;8-4-1-3(7(11)12)2-5(9)6(4)10;1-4-2-5(8)7(10)6(9)3-4;7-5-1-3-6(8)4-2-5;8-7-6-4-2-1-3-5-6;7-4-2-1-3-5(8)6(4)9;7-5-1-2-6(8)4-3-5;2*7-5-3-1-2-4-6(5)8;1-3-4-2;1-2;1-2-3;1-3-2/h1-8,13-15H;1-6,11-12H;3-4,9-10H,1-2H3;1-2,8-10H,(H,11,12);2-3,8-10H,1H3;1-4,8H,7H2;1-5,7-8H;1-3,7-9H;3*1-4,7-8H;3-4H,1-2H3;1-2H3;2-3H,1H3;2H2. The molecule has 0 aliphatic carbocycles. The normalized spacial score (nSPS) is 9.13. The first-order valence-corrected chi connectivity index (χ1v) is 34.8. The monoisotopic (exact) mass is 1690 g/mol. The Morgan fingerprint density at radius 1 is 0.317 bits per heavy atom. The van der Waals surface area contributed by atoms with Crippen LogP contribution in [0.3, 0.4) is 0 Å². The Balaban J connectivity index is 0. The molecule has 0 unspecified atom stereocenters. The summed E-state index contributed by atoms with van der Waals surface area (Å²) >= 11 is 4.28. The zero-order valence-electron chi connectivity index (χ0n) is 65.9. The van der Waals surface area contributed by atoms with Crippen LogP contribution < -0.4 is 38.8 Å². The highest BCUT2D eigenvalue weighted by molar-refractivity contribution is 6.07. The van der Waals surface area contributed by atoms with E-state index < -0.39 is 34.7 Å². The smallest absolute Gasteiger partial charge is 0.335 e. The molecule has 0 spiro atoms. The van der Waals surface area contributed by atoms with Gasteiger partial charge in [0, 0.05) is 24.1 Å². The number of halogens is 1. The number of nitrogen functional groups attached to an aromatic ring is 1. The van der Waals surface area contributed by atoms with Crippen molar-refractivity contribution in [3.63, 3.8) is 0 Å². The fourth-order valence-electron chi connectivity index (χ4n) is 7.61. The van der Waals surface area contributed by atoms with Crippen LogP contribution >= 0.6 is 11.9 Å². The van der Waals surface area contributed by atoms with Crippen molar-refractivity contribution in [2.75, 3.05) is 37.7 Å². The summed E-state index contributed by atoms with van der Waals surface area (Å²) in [7, 11) is 5.07. The number of hydrazine groups is 1. The van der Waals surface area contributed by atoms with Gasteiger partial charge in [-0.3, -0.25) is 21.5 Å². The van der Waals surface area contributed by atoms with E-state index in [0.29, 0.717) is 28.1 Å². The molecule has 0 aromatic heterocycles. The summed E-state index contributed by atoms with van der Waals surface area (Å²) in [4.78, 5) is 10.3. The van der Waals surface area contributed by atoms with Gasteiger partial charge in [-0.2, -0.15) is 10.3 Å². The number of aromatic hydroxyl groups is 22. The Morgan fingerprint density at radius 2 is 0.575 bits per heavy atom. The number of aromatic carboxylic acids is 1. The van der Waals surface area contributed by atoms with E-state index in [9.17, 15) is 4.79 Å². The SMILES string of the molecule is CC.CNNC.CNO.Cc1cc(O)c(C)cc1O.Cc1cc(O)c(O)c(O)c1.NOCl.Nc1ccc(O)cc1.O=C(O)c1cc(O)c(O)c(O)c1.ONc1ccccc1.Oc1cc2ccccc2cc1O.Oc1ccc(Nc2ccc(O)cc2)cc1.Oc1ccc(O)cc1.Oc1cccc(O)c1O.Oc1ccccc1O.Oc1ccccc1O. The minimum Gasteiger partial charge on any atom is -0.508 e. The first kappa shape index (κ1) is 107. The quantitative estimate of drug-likeness (QED) is 0.0329. The van der Waals surface area contributed by atoms with Gasteiger partial charge in [-0.15, -0.1) is 0 Å². The highest BCUT2D eigenvalue weighted by atomic mass is 35.5. The zero-order chi connectivity index (χ0) is 91.4. The van der Waals surface area contributed by atoms with Crippen molar-refractivity contribution < 1.29 is 137 Å². The second-order valence-electron chi connectivity index (χ2n) is 22.7. The molecular formula is C85H102ClN7O27. The summed E-state index contributed by atoms with van der Waals surface area (Å²) in [6.07, 6.45) is 0. The molecule has 0 saturated heterocycles. The molecule has 13 aromatic rings. The molecule has 0 atom stereocenters. The Labute approximate surface area is 695 Å². The molecule has 0 fully saturated rings. The number of carboxylic acid groups (broad SMARTS) is 1. The predicted molar refractivity (Wildman–Crippen MR) is 457 cm³/mol. The van der Waals surface area contributed by atoms with Gasteiger partial charge < -0.3 is 134 Å². The Kier molecular flexibility index (Phi) is 54.3. The number of nitrogens with two attached hydrogens (primary N) is 2. The molecule has 35 heteroatoms. The van der Waals surface area contributed by atoms with Crippen molar-refractivity contribution in [3.05, 3.63) is 289 Å². The van der Waals surface area contributed by atoms with Crippen LogP contribution in [0.4, 0.5) is 22.7 Å². The van der Waals surface area contributed by atoms with Crippen LogP contribution in [0.1, 0.15) is 40.9 Å². The maximum absolute atomic E-state index is 10.3. The third-order valence-electron chi connectivity index (χ3n) is 13.6. The van der Waals surface area contributed by atoms with E-state index in [1.165, 1.54) is 85.9 Å². The molecule has 0 radical (unpaired) electrons. The van der Waals surface area contributed by atoms with E-state index in [4.69, 9.17) is 134 Å². The maximum atomic E-state index is 10.3. The largest absolute Gasteiger partial charge is 0.508 e. The summed E-state index contributed by atoms with van der Waals surface area (Å²) in [5.41, 5.74) is 19.4. The number of fused-ring (bicyclic) bond motifs is 1. The van der Waals surface area contributed by atoms with E-state index >= 15 is 0 Å². The highest BCUT2D eigenvalue weighted by Crippen LogP contribution is 2.37. The first-order valence-electron chi connectivity index (χ1n) is 34.5. The molecule has 0 bridgehead atoms. The molecular weight excluding hydrogens is 1590 g/mol. The van der Waals surface area contributed by atoms with Crippen molar-refractivity contribution in [2.24, 2.45) is 5.90 Å². The molecule has 0 heterocycles. The van der Waals surface area contributed by atoms with Crippen LogP contribution in [-0.2, 0) is 4.39 Å². The molecule has 13 rings (SSSR count). The molecule has 646 valence electrons. The number of para-hydroxylation sites is 6. The molecule has 34 N–H and O–H groups in total. The van der Waals surface area contributed by atoms with Crippen molar-refractivity contribution in [1.29, 1.82) is 0 Å². The Hall–Kier alpha value is -15.4. The fourth-order valence-corrected chi connectivity index (χ4v) is 7.61. The topological polar surface area (TPSA) is 644 Å². The molecule has 34 nitrogen and oxygen atoms in total. The lowest BCUT2D eigenvalue weighted by atomic mass is 10.1. The van der Waals surface area contributed by atoms with Crippen molar-refractivity contribution in [1.82, 2.24) is 16.3 Å². The minimum absolute atomic E-state index is 0.0753. The van der Waals surface area contributed by atoms with Gasteiger partial charge in [-0.25, -0.2) is 10.3 Å². The number of carboxylic acids is 1. The number of phenols is 22. The van der Waals surface area contributed by atoms with Gasteiger partial charge in [0.05, 0.1) is 23.1 Å². The molecule has 0 amide bonds. The number of hydrogen-bond donors (Lipinski definition) is 32. The number of rotatable bonds is 5. The number of carbonyl (C=O) groups is 1. The number of phenolic OH excluding ortho intramolecular Hbond substituents is 22. The van der Waals surface area contributed by atoms with Gasteiger partial charge in [0.15, 0.2) is 86.2 Å². The van der Waals surface area contributed by atoms with Gasteiger partial charge in [-0.05, 0) is 256 Å². The third-order valence-corrected chi connectivity index (χ3v) is 13.6. The highest BCUT2D eigenvalue weighted by Gasteiger charge is 2.12. The summed E-state index contributed by atoms with van der Waals surface area (Å²) in [6, 6.07) is 69.3. The van der Waals surface area contributed by atoms with Crippen LogP contribution in [0.15, 0.2) is 267 Å². The summed E-state index contributed by atoms with van der Waals surface area (Å²) in [5.74, 6) is -0.291. The molecule has 120 heavy (non-hydrogen) atoms. The Morgan fingerprint density at radius 3 is 0.833 bits per heavy atom. The van der Waals surface area contributed by atoms with Crippen LogP contribution in [0, 0.1) is 20.8 Å². The molecule has 0 saturated carbocycles. The second-order valence-corrected chi connectivity index (χ2v) is 22.9. The molecule has 0 aliphatic heterocycles. The summed E-state index contributed by atoms with van der Waals surface area (Å²) < 4.78 is 3.22. The number of hydrogen-bond acceptors (Lipinski definition) is 33. The lowest BCUT2D eigenvalue weighted by Crippen LogP contribution is -2.21. The van der Waals surface area contributed by atoms with E-state index in [1.807, 2.05) is 75.9 Å². The second kappa shape index (κ2) is 61.1. The number of anilines is 4. The predicted octanol–water partition coefficient (Wildman–Crippen LogP) is 15.0. The van der Waals surface area contributed by atoms with Crippen LogP contribution in [0.25, 0.3) is 10.8 Å². The van der Waals surface area contributed by atoms with E-state index in [1.54, 1.807) is 160 Å². The van der Waals surface area contributed by atoms with Crippen molar-refractivity contribution in [3.8, 4) is 126 Å². The zero-order valence-corrected chi connectivity index (χ0v) is 66.7. The lowest BCUT2D eigenvalue weighted by Gasteiger charge is -2.06. The average molecular weight is 1690 g/mol. The molecule has 13 aromatic carbocycles. The van der Waals surface area contributed by atoms with E-state index in [0.717, 1.165) is 34.3 Å². The summed E-state index contributed by atoms with van der Waals surface area (Å²) in [5, 5.41) is 224. The van der Waals surface area contributed by atoms with Crippen LogP contribution in [0.5, 0.6) is 126 Å². The van der Waals surface area contributed by atoms with Crippen molar-refractivity contribution in [2.45, 2.75) is 34.6 Å². The number of nitrogens with one attached hydrogen (secondary N) is 5. The third kappa shape index (κ3) is 46.7. The van der Waals surface area contributed by atoms with Gasteiger partial charge in [-0.1, -0.05) is 86.6 Å². The van der Waals surface area contributed by atoms with Crippen LogP contribution in [-0.4, -0.2) is 155 Å². The number of hydroxylamine groups is 1. The average Bonchev–Trinajstić information content (AvgIpc) is 0.835. The van der Waals surface area contributed by atoms with Gasteiger partial charge in [0.1, 0.15) is 40.2 Å². The maximum Gasteiger partial charge on any atom is 0.335 e. The summed E-state index contributed by atoms with van der Waals surface area (Å²) in [6.45, 7) is 9.20. The van der Waals surface area contributed by atoms with E-state index in [-0.39, 0.29) is 103 Å². The Bertz CT molecular complexity index is 4600. The van der Waals surface area contributed by atoms with Gasteiger partial charge in [0.25, 0.3) is 0 Å². The van der Waals surface area contributed by atoms with E-state index in [2.05, 4.69) is 38.3 Å². The van der Waals surface area contributed by atoms with Crippen LogP contribution in [0.2, 0.25) is 0 Å². The lowest BCUT2D eigenvalue weighted by molar-refractivity contribution is 0.0695. The first-order chi connectivity index (χ1) is 56.8. The minimum atomic E-state index is -1.29. The molecule has 0 aliphatic rings. The fraction of sp³-hybridized carbons (Fsp3) is 0.0941. The number of benzene rings is 13. The van der Waals surface area contributed by atoms with Crippen molar-refractivity contribution >= 4 is 51.4 Å². The number of aryl methyl sites for hydroxylation is 3. The van der Waals surface area contributed by atoms with Gasteiger partial charge >= 0.3 is 5.97 Å².